The van der Waals surface area contributed by atoms with Gasteiger partial charge in [0.05, 0.1) is 17.1 Å². The van der Waals surface area contributed by atoms with Gasteiger partial charge >= 0.3 is 0 Å². The van der Waals surface area contributed by atoms with Crippen LogP contribution >= 0.6 is 24.0 Å². The molecule has 1 N–H and O–H groups in total. The fourth-order valence-electron chi connectivity index (χ4n) is 2.72. The Bertz CT molecular complexity index is 724. The molecule has 1 aromatic rings. The van der Waals surface area contributed by atoms with Gasteiger partial charge in [0.15, 0.2) is 15.8 Å². The summed E-state index contributed by atoms with van der Waals surface area (Å²) in [4.78, 5) is 6.60. The van der Waals surface area contributed by atoms with Gasteiger partial charge in [0.25, 0.3) is 0 Å². The molecule has 0 radical (unpaired) electrons. The summed E-state index contributed by atoms with van der Waals surface area (Å²) in [6.07, 6.45) is 0.710. The Labute approximate surface area is 178 Å². The van der Waals surface area contributed by atoms with Crippen LogP contribution < -0.4 is 10.1 Å². The first-order valence-electron chi connectivity index (χ1n) is 8.89. The standard InChI is InChI=1S/C18H28FN3O3S.HI/c1-4-20-17(22-11-13-26(23,24)18(2,3)14-22)21-10-5-12-25-16-8-6-15(19)7-9-16;/h6-9H,4-5,10-14H2,1-3H3,(H,20,21);1H. The van der Waals surface area contributed by atoms with Crippen LogP contribution in [0.15, 0.2) is 29.3 Å². The predicted molar refractivity (Wildman–Crippen MR) is 117 cm³/mol. The second kappa shape index (κ2) is 10.4. The van der Waals surface area contributed by atoms with Crippen molar-refractivity contribution in [3.8, 4) is 5.75 Å². The zero-order valence-electron chi connectivity index (χ0n) is 16.1. The van der Waals surface area contributed by atoms with E-state index in [1.807, 2.05) is 11.8 Å². The number of guanidine groups is 1. The topological polar surface area (TPSA) is 71.0 Å². The van der Waals surface area contributed by atoms with Gasteiger partial charge in [-0.3, -0.25) is 4.99 Å². The summed E-state index contributed by atoms with van der Waals surface area (Å²) < 4.78 is 41.9. The first kappa shape index (κ1) is 23.9. The quantitative estimate of drug-likeness (QED) is 0.274. The van der Waals surface area contributed by atoms with E-state index in [-0.39, 0.29) is 35.5 Å². The number of sulfone groups is 1. The SMILES string of the molecule is CCNC(=NCCCOc1ccc(F)cc1)N1CCS(=O)(=O)C(C)(C)C1.I. The molecule has 0 unspecified atom stereocenters. The Morgan fingerprint density at radius 3 is 2.59 bits per heavy atom. The van der Waals surface area contributed by atoms with Gasteiger partial charge in [0, 0.05) is 32.6 Å². The van der Waals surface area contributed by atoms with Crippen LogP contribution in [0.5, 0.6) is 5.75 Å². The van der Waals surface area contributed by atoms with Crippen molar-refractivity contribution in [3.05, 3.63) is 30.1 Å². The third-order valence-electron chi connectivity index (χ3n) is 4.32. The van der Waals surface area contributed by atoms with Gasteiger partial charge in [-0.15, -0.1) is 24.0 Å². The molecule has 1 aromatic carbocycles. The molecule has 6 nitrogen and oxygen atoms in total. The maximum Gasteiger partial charge on any atom is 0.193 e. The summed E-state index contributed by atoms with van der Waals surface area (Å²) in [7, 11) is -3.08. The van der Waals surface area contributed by atoms with Crippen LogP contribution in [0.2, 0.25) is 0 Å². The van der Waals surface area contributed by atoms with Crippen LogP contribution in [-0.4, -0.2) is 62.6 Å². The van der Waals surface area contributed by atoms with E-state index in [4.69, 9.17) is 4.74 Å². The summed E-state index contributed by atoms with van der Waals surface area (Å²) in [6.45, 7) is 8.13. The fourth-order valence-corrected chi connectivity index (χ4v) is 4.09. The molecule has 0 spiro atoms. The van der Waals surface area contributed by atoms with E-state index in [0.717, 1.165) is 5.96 Å². The molecule has 2 rings (SSSR count). The maximum absolute atomic E-state index is 12.8. The average molecular weight is 513 g/mol. The average Bonchev–Trinajstić information content (AvgIpc) is 2.58. The van der Waals surface area contributed by atoms with Gasteiger partial charge in [-0.05, 0) is 45.0 Å². The summed E-state index contributed by atoms with van der Waals surface area (Å²) in [5, 5.41) is 3.23. The molecular formula is C18H29FIN3O3S. The number of benzene rings is 1. The smallest absolute Gasteiger partial charge is 0.193 e. The normalized spacial score (nSPS) is 18.5. The lowest BCUT2D eigenvalue weighted by Gasteiger charge is -2.39. The first-order chi connectivity index (χ1) is 12.2. The minimum atomic E-state index is -3.08. The highest BCUT2D eigenvalue weighted by molar-refractivity contribution is 14.0. The highest BCUT2D eigenvalue weighted by Gasteiger charge is 2.40. The molecule has 0 aliphatic carbocycles. The van der Waals surface area contributed by atoms with Crippen LogP contribution in [0.3, 0.4) is 0 Å². The molecule has 0 aromatic heterocycles. The zero-order valence-corrected chi connectivity index (χ0v) is 19.2. The minimum absolute atomic E-state index is 0. The van der Waals surface area contributed by atoms with Crippen molar-refractivity contribution in [1.82, 2.24) is 10.2 Å². The van der Waals surface area contributed by atoms with Crippen LogP contribution in [-0.2, 0) is 9.84 Å². The Kier molecular flexibility index (Phi) is 9.26. The van der Waals surface area contributed by atoms with Gasteiger partial charge in [-0.25, -0.2) is 12.8 Å². The van der Waals surface area contributed by atoms with Crippen molar-refractivity contribution in [2.24, 2.45) is 4.99 Å². The summed E-state index contributed by atoms with van der Waals surface area (Å²) in [6, 6.07) is 5.92. The molecule has 0 atom stereocenters. The molecule has 1 saturated heterocycles. The molecular weight excluding hydrogens is 484 g/mol. The Hall–Kier alpha value is -1.10. The lowest BCUT2D eigenvalue weighted by atomic mass is 10.2. The van der Waals surface area contributed by atoms with Crippen molar-refractivity contribution in [2.75, 3.05) is 38.5 Å². The number of halogens is 2. The monoisotopic (exact) mass is 513 g/mol. The second-order valence-corrected chi connectivity index (χ2v) is 9.63. The second-order valence-electron chi connectivity index (χ2n) is 6.89. The summed E-state index contributed by atoms with van der Waals surface area (Å²) in [5.74, 6) is 1.21. The van der Waals surface area contributed by atoms with E-state index in [9.17, 15) is 12.8 Å². The number of hydrogen-bond acceptors (Lipinski definition) is 4. The fraction of sp³-hybridized carbons (Fsp3) is 0.611. The van der Waals surface area contributed by atoms with Crippen molar-refractivity contribution in [1.29, 1.82) is 0 Å². The van der Waals surface area contributed by atoms with E-state index in [1.165, 1.54) is 12.1 Å². The molecule has 9 heteroatoms. The molecule has 154 valence electrons. The Morgan fingerprint density at radius 1 is 1.33 bits per heavy atom. The van der Waals surface area contributed by atoms with E-state index < -0.39 is 14.6 Å². The molecule has 0 amide bonds. The number of ether oxygens (including phenoxy) is 1. The lowest BCUT2D eigenvalue weighted by molar-refractivity contribution is 0.312. The van der Waals surface area contributed by atoms with Crippen LogP contribution in [0.4, 0.5) is 4.39 Å². The zero-order chi connectivity index (χ0) is 19.2. The van der Waals surface area contributed by atoms with E-state index in [0.29, 0.717) is 45.0 Å². The molecule has 1 aliphatic heterocycles. The third-order valence-corrected chi connectivity index (χ3v) is 6.86. The Balaban J connectivity index is 0.00000364. The summed E-state index contributed by atoms with van der Waals surface area (Å²) >= 11 is 0. The van der Waals surface area contributed by atoms with Crippen LogP contribution in [0.1, 0.15) is 27.2 Å². The van der Waals surface area contributed by atoms with Gasteiger partial charge in [0.2, 0.25) is 0 Å². The molecule has 27 heavy (non-hydrogen) atoms. The number of nitrogens with zero attached hydrogens (tertiary/aromatic N) is 2. The minimum Gasteiger partial charge on any atom is -0.494 e. The number of hydrogen-bond donors (Lipinski definition) is 1. The lowest BCUT2D eigenvalue weighted by Crippen LogP contribution is -2.57. The van der Waals surface area contributed by atoms with E-state index in [1.54, 1.807) is 26.0 Å². The highest BCUT2D eigenvalue weighted by atomic mass is 127. The van der Waals surface area contributed by atoms with E-state index >= 15 is 0 Å². The summed E-state index contributed by atoms with van der Waals surface area (Å²) in [5.41, 5.74) is 0. The molecule has 0 saturated carbocycles. The molecule has 1 aliphatic rings. The number of aliphatic imine (C=N–C) groups is 1. The van der Waals surface area contributed by atoms with Gasteiger partial charge < -0.3 is 15.0 Å². The van der Waals surface area contributed by atoms with Crippen molar-refractivity contribution in [3.63, 3.8) is 0 Å². The third kappa shape index (κ3) is 6.78. The van der Waals surface area contributed by atoms with Gasteiger partial charge in [-0.2, -0.15) is 0 Å². The predicted octanol–water partition coefficient (Wildman–Crippen LogP) is 2.69. The molecule has 0 bridgehead atoms. The van der Waals surface area contributed by atoms with Crippen molar-refractivity contribution >= 4 is 39.8 Å². The largest absolute Gasteiger partial charge is 0.494 e. The van der Waals surface area contributed by atoms with Crippen molar-refractivity contribution in [2.45, 2.75) is 31.9 Å². The molecule has 1 heterocycles. The van der Waals surface area contributed by atoms with Crippen LogP contribution in [0.25, 0.3) is 0 Å². The number of rotatable bonds is 6. The van der Waals surface area contributed by atoms with Gasteiger partial charge in [0.1, 0.15) is 11.6 Å². The van der Waals surface area contributed by atoms with Crippen LogP contribution in [0, 0.1) is 5.82 Å². The molecule has 1 fully saturated rings. The highest BCUT2D eigenvalue weighted by Crippen LogP contribution is 2.23. The first-order valence-corrected chi connectivity index (χ1v) is 10.5. The number of nitrogens with one attached hydrogen (secondary N) is 1. The maximum atomic E-state index is 12.8. The van der Waals surface area contributed by atoms with Crippen molar-refractivity contribution < 1.29 is 17.5 Å². The van der Waals surface area contributed by atoms with Gasteiger partial charge in [-0.1, -0.05) is 0 Å². The van der Waals surface area contributed by atoms with E-state index in [2.05, 4.69) is 10.3 Å². The Morgan fingerprint density at radius 2 is 2.00 bits per heavy atom.